The Balaban J connectivity index is 1.36. The van der Waals surface area contributed by atoms with E-state index in [-0.39, 0.29) is 5.91 Å². The highest BCUT2D eigenvalue weighted by Crippen LogP contribution is 2.35. The van der Waals surface area contributed by atoms with Crippen LogP contribution in [-0.2, 0) is 12.8 Å². The second-order valence-electron chi connectivity index (χ2n) is 7.38. The number of amides is 1. The van der Waals surface area contributed by atoms with Crippen LogP contribution >= 0.6 is 22.7 Å². The van der Waals surface area contributed by atoms with Gasteiger partial charge in [0.25, 0.3) is 5.91 Å². The Morgan fingerprint density at radius 3 is 2.88 bits per heavy atom. The fourth-order valence-corrected chi connectivity index (χ4v) is 6.49. The fourth-order valence-electron chi connectivity index (χ4n) is 4.18. The van der Waals surface area contributed by atoms with Crippen LogP contribution in [0.5, 0.6) is 0 Å². The van der Waals surface area contributed by atoms with Gasteiger partial charge in [0.05, 0.1) is 20.1 Å². The van der Waals surface area contributed by atoms with Gasteiger partial charge in [-0.25, -0.2) is 4.98 Å². The van der Waals surface area contributed by atoms with Crippen molar-refractivity contribution in [3.63, 3.8) is 0 Å². The van der Waals surface area contributed by atoms with E-state index < -0.39 is 0 Å². The van der Waals surface area contributed by atoms with E-state index in [1.165, 1.54) is 33.0 Å². The topological polar surface area (TPSA) is 33.2 Å². The van der Waals surface area contributed by atoms with Crippen LogP contribution < -0.4 is 0 Å². The van der Waals surface area contributed by atoms with Crippen LogP contribution in [0.4, 0.5) is 0 Å². The Morgan fingerprint density at radius 1 is 1.12 bits per heavy atom. The Hall–Kier alpha value is -1.72. The number of aromatic nitrogens is 1. The first-order chi connectivity index (χ1) is 12.8. The molecular formula is C21H22N2OS2. The molecule has 1 amide bonds. The molecule has 5 rings (SSSR count). The van der Waals surface area contributed by atoms with Crippen molar-refractivity contribution < 1.29 is 4.79 Å². The molecule has 2 aromatic heterocycles. The van der Waals surface area contributed by atoms with Crippen molar-refractivity contribution >= 4 is 38.8 Å². The average molecular weight is 383 g/mol. The molecule has 0 N–H and O–H groups in total. The van der Waals surface area contributed by atoms with Crippen LogP contribution in [0.15, 0.2) is 30.3 Å². The summed E-state index contributed by atoms with van der Waals surface area (Å²) in [6.07, 6.45) is 7.03. The highest BCUT2D eigenvalue weighted by Gasteiger charge is 2.29. The molecule has 0 bridgehead atoms. The van der Waals surface area contributed by atoms with Gasteiger partial charge in [0.2, 0.25) is 0 Å². The maximum atomic E-state index is 13.1. The number of likely N-dealkylation sites (tertiary alicyclic amines) is 1. The standard InChI is InChI=1S/C21H22N2OS2/c24-21(19-12-14-6-1-3-9-17(14)25-19)23-11-5-7-15(13-23)20-22-16-8-2-4-10-18(16)26-20/h2,4,8,10,12,15H,1,3,5-7,9,11,13H2/t15-/m1/s1. The molecular weight excluding hydrogens is 360 g/mol. The smallest absolute Gasteiger partial charge is 0.263 e. The van der Waals surface area contributed by atoms with Gasteiger partial charge in [0.15, 0.2) is 0 Å². The van der Waals surface area contributed by atoms with E-state index in [0.29, 0.717) is 5.92 Å². The zero-order valence-corrected chi connectivity index (χ0v) is 16.4. The van der Waals surface area contributed by atoms with E-state index in [2.05, 4.69) is 29.2 Å². The van der Waals surface area contributed by atoms with Crippen molar-refractivity contribution in [2.45, 2.75) is 44.4 Å². The first-order valence-corrected chi connectivity index (χ1v) is 11.2. The van der Waals surface area contributed by atoms with E-state index in [9.17, 15) is 4.79 Å². The highest BCUT2D eigenvalue weighted by molar-refractivity contribution is 7.18. The molecule has 0 spiro atoms. The maximum absolute atomic E-state index is 13.1. The number of carbonyl (C=O) groups is 1. The lowest BCUT2D eigenvalue weighted by Crippen LogP contribution is -2.38. The Labute approximate surface area is 161 Å². The van der Waals surface area contributed by atoms with Crippen molar-refractivity contribution in [2.24, 2.45) is 0 Å². The fraction of sp³-hybridized carbons (Fsp3) is 0.429. The van der Waals surface area contributed by atoms with Crippen LogP contribution in [-0.4, -0.2) is 28.9 Å². The number of hydrogen-bond acceptors (Lipinski definition) is 4. The van der Waals surface area contributed by atoms with Crippen LogP contribution in [0.1, 0.15) is 56.7 Å². The summed E-state index contributed by atoms with van der Waals surface area (Å²) in [6.45, 7) is 1.68. The molecule has 0 radical (unpaired) electrons. The molecule has 1 atom stereocenters. The van der Waals surface area contributed by atoms with Gasteiger partial charge in [0, 0.05) is 23.9 Å². The summed E-state index contributed by atoms with van der Waals surface area (Å²) in [6, 6.07) is 10.5. The van der Waals surface area contributed by atoms with Gasteiger partial charge < -0.3 is 4.90 Å². The second kappa shape index (κ2) is 6.78. The summed E-state index contributed by atoms with van der Waals surface area (Å²) in [7, 11) is 0. The average Bonchev–Trinajstić information content (AvgIpc) is 3.31. The number of hydrogen-bond donors (Lipinski definition) is 0. The number of benzene rings is 1. The van der Waals surface area contributed by atoms with Crippen LogP contribution in [0.2, 0.25) is 0 Å². The lowest BCUT2D eigenvalue weighted by atomic mass is 9.98. The molecule has 0 saturated carbocycles. The van der Waals surface area contributed by atoms with Crippen molar-refractivity contribution in [1.29, 1.82) is 0 Å². The van der Waals surface area contributed by atoms with Gasteiger partial charge in [-0.1, -0.05) is 12.1 Å². The third-order valence-corrected chi connectivity index (χ3v) is 8.00. The molecule has 3 aromatic rings. The number of para-hydroxylation sites is 1. The maximum Gasteiger partial charge on any atom is 0.263 e. The van der Waals surface area contributed by atoms with E-state index in [4.69, 9.17) is 4.98 Å². The minimum atomic E-state index is 0.232. The highest BCUT2D eigenvalue weighted by atomic mass is 32.1. The number of thiophene rings is 1. The molecule has 1 fully saturated rings. The predicted molar refractivity (Wildman–Crippen MR) is 108 cm³/mol. The Morgan fingerprint density at radius 2 is 2.00 bits per heavy atom. The van der Waals surface area contributed by atoms with Gasteiger partial charge in [-0.05, 0) is 62.3 Å². The number of fused-ring (bicyclic) bond motifs is 2. The van der Waals surface area contributed by atoms with Gasteiger partial charge in [-0.2, -0.15) is 0 Å². The van der Waals surface area contributed by atoms with Gasteiger partial charge in [0.1, 0.15) is 0 Å². The summed E-state index contributed by atoms with van der Waals surface area (Å²) >= 11 is 3.52. The molecule has 1 aromatic carbocycles. The number of nitrogens with zero attached hydrogens (tertiary/aromatic N) is 2. The lowest BCUT2D eigenvalue weighted by molar-refractivity contribution is 0.0712. The van der Waals surface area contributed by atoms with Gasteiger partial charge in [-0.3, -0.25) is 4.79 Å². The van der Waals surface area contributed by atoms with Crippen molar-refractivity contribution in [3.05, 3.63) is 50.7 Å². The normalized spacial score (nSPS) is 20.3. The molecule has 3 heterocycles. The van der Waals surface area contributed by atoms with E-state index >= 15 is 0 Å². The first-order valence-electron chi connectivity index (χ1n) is 9.54. The molecule has 134 valence electrons. The second-order valence-corrected chi connectivity index (χ2v) is 9.58. The minimum Gasteiger partial charge on any atom is -0.337 e. The number of piperidine rings is 1. The van der Waals surface area contributed by atoms with E-state index in [1.54, 1.807) is 22.7 Å². The number of carbonyl (C=O) groups excluding carboxylic acids is 1. The summed E-state index contributed by atoms with van der Waals surface area (Å²) in [5, 5.41) is 1.19. The quantitative estimate of drug-likeness (QED) is 0.606. The SMILES string of the molecule is O=C(c1cc2c(s1)CCCC2)N1CCC[C@@H](c2nc3ccccc3s2)C1. The lowest BCUT2D eigenvalue weighted by Gasteiger charge is -2.31. The zero-order valence-electron chi connectivity index (χ0n) is 14.7. The van der Waals surface area contributed by atoms with Gasteiger partial charge in [-0.15, -0.1) is 22.7 Å². The summed E-state index contributed by atoms with van der Waals surface area (Å²) in [4.78, 5) is 22.4. The summed E-state index contributed by atoms with van der Waals surface area (Å²) < 4.78 is 1.25. The molecule has 1 aliphatic carbocycles. The molecule has 1 saturated heterocycles. The zero-order chi connectivity index (χ0) is 17.5. The number of aryl methyl sites for hydroxylation is 2. The first kappa shape index (κ1) is 16.5. The van der Waals surface area contributed by atoms with Crippen molar-refractivity contribution in [2.75, 3.05) is 13.1 Å². The molecule has 1 aliphatic heterocycles. The van der Waals surface area contributed by atoms with Crippen LogP contribution in [0.25, 0.3) is 10.2 Å². The van der Waals surface area contributed by atoms with Crippen molar-refractivity contribution in [1.82, 2.24) is 9.88 Å². The Bertz CT molecular complexity index is 901. The van der Waals surface area contributed by atoms with E-state index in [0.717, 1.165) is 49.2 Å². The van der Waals surface area contributed by atoms with Crippen LogP contribution in [0, 0.1) is 0 Å². The molecule has 0 unspecified atom stereocenters. The Kier molecular flexibility index (Phi) is 4.29. The third kappa shape index (κ3) is 2.97. The minimum absolute atomic E-state index is 0.232. The predicted octanol–water partition coefficient (Wildman–Crippen LogP) is 5.26. The molecule has 5 heteroatoms. The monoisotopic (exact) mass is 382 g/mol. The summed E-state index contributed by atoms with van der Waals surface area (Å²) in [5.74, 6) is 0.606. The number of thiazole rings is 1. The molecule has 2 aliphatic rings. The van der Waals surface area contributed by atoms with Gasteiger partial charge >= 0.3 is 0 Å². The number of rotatable bonds is 2. The van der Waals surface area contributed by atoms with E-state index in [1.807, 2.05) is 6.07 Å². The molecule has 26 heavy (non-hydrogen) atoms. The summed E-state index contributed by atoms with van der Waals surface area (Å²) in [5.41, 5.74) is 2.51. The third-order valence-electron chi connectivity index (χ3n) is 5.58. The van der Waals surface area contributed by atoms with Crippen molar-refractivity contribution in [3.8, 4) is 0 Å². The largest absolute Gasteiger partial charge is 0.337 e. The van der Waals surface area contributed by atoms with Crippen LogP contribution in [0.3, 0.4) is 0 Å². The molecule has 3 nitrogen and oxygen atoms in total.